The first-order chi connectivity index (χ1) is 6.18. The first kappa shape index (κ1) is 8.39. The molecule has 2 rings (SSSR count). The Labute approximate surface area is 80.9 Å². The highest BCUT2D eigenvalue weighted by molar-refractivity contribution is 6.45. The summed E-state index contributed by atoms with van der Waals surface area (Å²) < 4.78 is 0. The van der Waals surface area contributed by atoms with Crippen molar-refractivity contribution in [1.29, 1.82) is 0 Å². The molecule has 64 valence electrons. The lowest BCUT2D eigenvalue weighted by Gasteiger charge is -2.00. The molecule has 0 aliphatic carbocycles. The van der Waals surface area contributed by atoms with E-state index in [2.05, 4.69) is 4.98 Å². The van der Waals surface area contributed by atoms with Crippen molar-refractivity contribution in [3.05, 3.63) is 39.8 Å². The number of fused-ring (bicyclic) bond motifs is 1. The van der Waals surface area contributed by atoms with Crippen molar-refractivity contribution >= 4 is 35.7 Å². The van der Waals surface area contributed by atoms with Gasteiger partial charge in [0, 0.05) is 16.6 Å². The molecular formula is C9H7BClNO. The van der Waals surface area contributed by atoms with Gasteiger partial charge in [-0.1, -0.05) is 23.1 Å². The predicted octanol–water partition coefficient (Wildman–Crippen LogP) is 0.440. The molecule has 0 bridgehead atoms. The molecule has 0 unspecified atom stereocenters. The minimum absolute atomic E-state index is 0.0978. The van der Waals surface area contributed by atoms with Gasteiger partial charge in [0.1, 0.15) is 7.85 Å². The van der Waals surface area contributed by atoms with Crippen LogP contribution in [0.15, 0.2) is 29.2 Å². The van der Waals surface area contributed by atoms with E-state index in [9.17, 15) is 4.79 Å². The Kier molecular flexibility index (Phi) is 1.89. The van der Waals surface area contributed by atoms with Gasteiger partial charge in [-0.25, -0.2) is 0 Å². The monoisotopic (exact) mass is 191 g/mol. The Balaban J connectivity index is 2.97. The van der Waals surface area contributed by atoms with Crippen molar-refractivity contribution in [2.75, 3.05) is 0 Å². The Bertz CT molecular complexity index is 520. The lowest BCUT2D eigenvalue weighted by molar-refractivity contribution is 1.28. The Morgan fingerprint density at radius 3 is 2.92 bits per heavy atom. The van der Waals surface area contributed by atoms with Gasteiger partial charge in [-0.05, 0) is 17.5 Å². The summed E-state index contributed by atoms with van der Waals surface area (Å²) in [6.45, 7) is 0. The van der Waals surface area contributed by atoms with Crippen molar-refractivity contribution in [1.82, 2.24) is 4.98 Å². The number of benzene rings is 1. The average Bonchev–Trinajstić information content (AvgIpc) is 2.09. The lowest BCUT2D eigenvalue weighted by atomic mass is 9.94. The van der Waals surface area contributed by atoms with Gasteiger partial charge < -0.3 is 4.98 Å². The molecule has 0 saturated heterocycles. The van der Waals surface area contributed by atoms with E-state index >= 15 is 0 Å². The molecule has 0 fully saturated rings. The van der Waals surface area contributed by atoms with Crippen LogP contribution in [0.2, 0.25) is 5.02 Å². The van der Waals surface area contributed by atoms with Gasteiger partial charge in [0.25, 0.3) is 5.56 Å². The van der Waals surface area contributed by atoms with Crippen molar-refractivity contribution in [2.24, 2.45) is 0 Å². The van der Waals surface area contributed by atoms with Crippen molar-refractivity contribution in [2.45, 2.75) is 0 Å². The smallest absolute Gasteiger partial charge is 0.255 e. The average molecular weight is 191 g/mol. The van der Waals surface area contributed by atoms with Crippen LogP contribution in [-0.2, 0) is 0 Å². The Hall–Kier alpha value is -1.22. The fourth-order valence-corrected chi connectivity index (χ4v) is 1.49. The van der Waals surface area contributed by atoms with Gasteiger partial charge in [0.2, 0.25) is 0 Å². The summed E-state index contributed by atoms with van der Waals surface area (Å²) in [7, 11) is 1.92. The second-order valence-electron chi connectivity index (χ2n) is 3.00. The molecule has 0 aliphatic rings. The number of hydrogen-bond donors (Lipinski definition) is 1. The summed E-state index contributed by atoms with van der Waals surface area (Å²) in [4.78, 5) is 13.9. The number of nitrogens with one attached hydrogen (secondary N) is 1. The molecule has 1 N–H and O–H groups in total. The van der Waals surface area contributed by atoms with Gasteiger partial charge in [-0.15, -0.1) is 0 Å². The van der Waals surface area contributed by atoms with Crippen molar-refractivity contribution in [3.63, 3.8) is 0 Å². The van der Waals surface area contributed by atoms with Crippen LogP contribution < -0.4 is 11.0 Å². The van der Waals surface area contributed by atoms with E-state index in [4.69, 9.17) is 11.6 Å². The van der Waals surface area contributed by atoms with Crippen molar-refractivity contribution in [3.8, 4) is 0 Å². The van der Waals surface area contributed by atoms with Gasteiger partial charge in [-0.3, -0.25) is 4.79 Å². The van der Waals surface area contributed by atoms with Crippen molar-refractivity contribution < 1.29 is 0 Å². The molecule has 0 amide bonds. The number of halogens is 1. The molecule has 0 aliphatic heterocycles. The highest BCUT2D eigenvalue weighted by Gasteiger charge is 2.01. The summed E-state index contributed by atoms with van der Waals surface area (Å²) in [6, 6.07) is 5.47. The molecule has 1 heterocycles. The van der Waals surface area contributed by atoms with E-state index < -0.39 is 0 Å². The largest absolute Gasteiger partial charge is 0.329 e. The summed E-state index contributed by atoms with van der Waals surface area (Å²) in [5, 5.41) is 2.19. The zero-order valence-corrected chi connectivity index (χ0v) is 7.85. The number of aromatic nitrogens is 1. The molecule has 0 radical (unpaired) electrons. The summed E-state index contributed by atoms with van der Waals surface area (Å²) in [5.41, 5.74) is 0.888. The van der Waals surface area contributed by atoms with Crippen LogP contribution in [0.25, 0.3) is 10.8 Å². The molecule has 13 heavy (non-hydrogen) atoms. The lowest BCUT2D eigenvalue weighted by Crippen LogP contribution is -2.09. The molecule has 1 aromatic carbocycles. The third-order valence-corrected chi connectivity index (χ3v) is 2.46. The van der Waals surface area contributed by atoms with Crippen LogP contribution in [0.5, 0.6) is 0 Å². The van der Waals surface area contributed by atoms with E-state index in [1.807, 2.05) is 20.0 Å². The predicted molar refractivity (Wildman–Crippen MR) is 57.8 cm³/mol. The van der Waals surface area contributed by atoms with Crippen LogP contribution in [0.3, 0.4) is 0 Å². The number of aromatic amines is 1. The number of rotatable bonds is 0. The second kappa shape index (κ2) is 2.93. The fourth-order valence-electron chi connectivity index (χ4n) is 1.32. The third kappa shape index (κ3) is 1.35. The highest BCUT2D eigenvalue weighted by atomic mass is 35.5. The Morgan fingerprint density at radius 2 is 2.15 bits per heavy atom. The molecule has 1 aromatic heterocycles. The topological polar surface area (TPSA) is 32.9 Å². The highest BCUT2D eigenvalue weighted by Crippen LogP contribution is 2.12. The normalized spacial score (nSPS) is 10.5. The quantitative estimate of drug-likeness (QED) is 0.602. The van der Waals surface area contributed by atoms with Gasteiger partial charge in [0.15, 0.2) is 0 Å². The Morgan fingerprint density at radius 1 is 1.38 bits per heavy atom. The van der Waals surface area contributed by atoms with Crippen LogP contribution in [0.4, 0.5) is 0 Å². The van der Waals surface area contributed by atoms with E-state index in [1.165, 1.54) is 0 Å². The molecule has 4 heteroatoms. The van der Waals surface area contributed by atoms with E-state index in [-0.39, 0.29) is 5.56 Å². The van der Waals surface area contributed by atoms with Crippen LogP contribution in [-0.4, -0.2) is 12.8 Å². The maximum atomic E-state index is 11.3. The minimum Gasteiger partial charge on any atom is -0.329 e. The summed E-state index contributed by atoms with van der Waals surface area (Å²) in [5.74, 6) is 0. The first-order valence-electron chi connectivity index (χ1n) is 3.96. The first-order valence-corrected chi connectivity index (χ1v) is 4.34. The maximum Gasteiger partial charge on any atom is 0.255 e. The second-order valence-corrected chi connectivity index (χ2v) is 3.40. The van der Waals surface area contributed by atoms with E-state index in [1.54, 1.807) is 12.3 Å². The SMILES string of the molecule is Bc1cc2cc[nH]c(=O)c2cc1Cl. The minimum atomic E-state index is -0.0978. The van der Waals surface area contributed by atoms with E-state index in [0.29, 0.717) is 10.4 Å². The van der Waals surface area contributed by atoms with Gasteiger partial charge in [0.05, 0.1) is 0 Å². The zero-order chi connectivity index (χ0) is 9.42. The van der Waals surface area contributed by atoms with E-state index in [0.717, 1.165) is 10.8 Å². The standard InChI is InChI=1S/C9H7BClNO/c10-7-3-5-1-2-12-9(13)6(5)4-8(7)11/h1-4H,10H2,(H,12,13). The van der Waals surface area contributed by atoms with Crippen LogP contribution in [0, 0.1) is 0 Å². The van der Waals surface area contributed by atoms with Crippen LogP contribution >= 0.6 is 11.6 Å². The molecule has 0 spiro atoms. The fraction of sp³-hybridized carbons (Fsp3) is 0. The zero-order valence-electron chi connectivity index (χ0n) is 7.10. The van der Waals surface area contributed by atoms with Gasteiger partial charge >= 0.3 is 0 Å². The molecule has 2 nitrogen and oxygen atoms in total. The number of pyridine rings is 1. The summed E-state index contributed by atoms with van der Waals surface area (Å²) in [6.07, 6.45) is 1.64. The van der Waals surface area contributed by atoms with Crippen LogP contribution in [0.1, 0.15) is 0 Å². The molecule has 0 atom stereocenters. The van der Waals surface area contributed by atoms with Gasteiger partial charge in [-0.2, -0.15) is 0 Å². The molecular weight excluding hydrogens is 184 g/mol. The number of H-pyrrole nitrogens is 1. The third-order valence-electron chi connectivity index (χ3n) is 2.05. The molecule has 2 aromatic rings. The summed E-state index contributed by atoms with van der Waals surface area (Å²) >= 11 is 5.91. The number of hydrogen-bond acceptors (Lipinski definition) is 1. The molecule has 0 saturated carbocycles. The maximum absolute atomic E-state index is 11.3.